The molecular weight excluding hydrogens is 603 g/mol. The highest BCUT2D eigenvalue weighted by atomic mass is 32.2. The lowest BCUT2D eigenvalue weighted by molar-refractivity contribution is 0.0475. The van der Waals surface area contributed by atoms with Gasteiger partial charge in [-0.05, 0) is 116 Å². The molecule has 1 saturated heterocycles. The Morgan fingerprint density at radius 2 is 1.89 bits per heavy atom. The zero-order valence-electron chi connectivity index (χ0n) is 26.9. The second-order valence-electron chi connectivity index (χ2n) is 13.5. The molecule has 0 unspecified atom stereocenters. The first-order chi connectivity index (χ1) is 20.4. The predicted molar refractivity (Wildman–Crippen MR) is 170 cm³/mol. The quantitative estimate of drug-likeness (QED) is 0.178. The van der Waals surface area contributed by atoms with Crippen LogP contribution in [0.1, 0.15) is 92.4 Å². The van der Waals surface area contributed by atoms with E-state index in [1.165, 1.54) is 6.20 Å². The highest BCUT2D eigenvalue weighted by Crippen LogP contribution is 2.42. The van der Waals surface area contributed by atoms with Crippen molar-refractivity contribution in [3.05, 3.63) is 38.8 Å². The van der Waals surface area contributed by atoms with E-state index in [0.717, 1.165) is 34.6 Å². The van der Waals surface area contributed by atoms with E-state index in [9.17, 15) is 23.4 Å². The largest absolute Gasteiger partial charge is 0.487 e. The number of amidine groups is 1. The van der Waals surface area contributed by atoms with E-state index in [1.54, 1.807) is 40.0 Å². The number of carbonyl (C=O) groups excluding carboxylic acids is 2. The van der Waals surface area contributed by atoms with Crippen molar-refractivity contribution in [2.75, 3.05) is 13.1 Å². The number of nitrogens with one attached hydrogen (secondary N) is 4. The maximum absolute atomic E-state index is 14.1. The minimum atomic E-state index is -4.20. The van der Waals surface area contributed by atoms with Crippen LogP contribution in [0.5, 0.6) is 5.75 Å². The molecule has 4 N–H and O–H groups in total. The molecule has 0 spiro atoms. The summed E-state index contributed by atoms with van der Waals surface area (Å²) >= 11 is 1.15. The second-order valence-corrected chi connectivity index (χ2v) is 16.0. The summed E-state index contributed by atoms with van der Waals surface area (Å²) in [6, 6.07) is -1.10. The van der Waals surface area contributed by atoms with Crippen molar-refractivity contribution in [1.82, 2.24) is 20.3 Å². The zero-order valence-corrected chi connectivity index (χ0v) is 28.5. The molecule has 1 fully saturated rings. The average molecular weight is 648 g/mol. The molecule has 1 aromatic carbocycles. The van der Waals surface area contributed by atoms with Gasteiger partial charge in [0.2, 0.25) is 5.78 Å². The average Bonchev–Trinajstić information content (AvgIpc) is 3.45. The number of thiazole rings is 1. The van der Waals surface area contributed by atoms with E-state index in [4.69, 9.17) is 9.47 Å². The number of rotatable bonds is 8. The monoisotopic (exact) mass is 647 g/mol. The molecule has 242 valence electrons. The van der Waals surface area contributed by atoms with Gasteiger partial charge in [0.1, 0.15) is 22.8 Å². The van der Waals surface area contributed by atoms with Gasteiger partial charge in [0, 0.05) is 23.5 Å². The molecule has 0 saturated carbocycles. The molecule has 4 rings (SSSR count). The molecule has 3 heterocycles. The number of hydrogen-bond donors (Lipinski definition) is 4. The molecule has 13 heteroatoms. The summed E-state index contributed by atoms with van der Waals surface area (Å²) < 4.78 is 42.5. The van der Waals surface area contributed by atoms with Gasteiger partial charge in [-0.1, -0.05) is 0 Å². The Kier molecular flexibility index (Phi) is 9.54. The lowest BCUT2D eigenvalue weighted by Gasteiger charge is -2.40. The summed E-state index contributed by atoms with van der Waals surface area (Å²) in [4.78, 5) is 30.7. The van der Waals surface area contributed by atoms with Crippen molar-refractivity contribution < 1.29 is 27.5 Å². The lowest BCUT2D eigenvalue weighted by atomic mass is 9.74. The molecule has 44 heavy (non-hydrogen) atoms. The fraction of sp³-hybridized carbons (Fsp3) is 0.613. The molecule has 0 aliphatic carbocycles. The van der Waals surface area contributed by atoms with Crippen molar-refractivity contribution in [2.24, 2.45) is 5.41 Å². The highest BCUT2D eigenvalue weighted by Gasteiger charge is 2.44. The number of ether oxygens (including phenoxy) is 2. The van der Waals surface area contributed by atoms with E-state index < -0.39 is 39.0 Å². The topological polar surface area (TPSA) is 160 Å². The zero-order chi connectivity index (χ0) is 32.7. The van der Waals surface area contributed by atoms with Crippen LogP contribution in [-0.2, 0) is 21.2 Å². The van der Waals surface area contributed by atoms with Crippen molar-refractivity contribution >= 4 is 39.1 Å². The van der Waals surface area contributed by atoms with Crippen LogP contribution in [-0.4, -0.2) is 61.4 Å². The molecule has 0 bridgehead atoms. The molecule has 1 aromatic heterocycles. The van der Waals surface area contributed by atoms with E-state index >= 15 is 0 Å². The number of piperidine rings is 1. The Balaban J connectivity index is 1.68. The van der Waals surface area contributed by atoms with Gasteiger partial charge < -0.3 is 20.1 Å². The van der Waals surface area contributed by atoms with E-state index in [0.29, 0.717) is 36.9 Å². The minimum Gasteiger partial charge on any atom is -0.487 e. The van der Waals surface area contributed by atoms with Crippen molar-refractivity contribution in [3.63, 3.8) is 0 Å². The smallest absolute Gasteiger partial charge is 0.408 e. The molecule has 11 nitrogen and oxygen atoms in total. The minimum absolute atomic E-state index is 0.0247. The van der Waals surface area contributed by atoms with E-state index in [1.807, 2.05) is 20.8 Å². The molecule has 0 radical (unpaired) electrons. The van der Waals surface area contributed by atoms with Gasteiger partial charge >= 0.3 is 6.09 Å². The summed E-state index contributed by atoms with van der Waals surface area (Å²) in [5.41, 5.74) is 0.554. The van der Waals surface area contributed by atoms with Gasteiger partial charge in [0.05, 0.1) is 10.9 Å². The number of nitrogens with zero attached hydrogens (tertiary/aromatic N) is 1. The fourth-order valence-corrected chi connectivity index (χ4v) is 8.35. The van der Waals surface area contributed by atoms with Gasteiger partial charge in [-0.25, -0.2) is 18.2 Å². The second kappa shape index (κ2) is 12.4. The van der Waals surface area contributed by atoms with Crippen LogP contribution in [0.2, 0.25) is 0 Å². The summed E-state index contributed by atoms with van der Waals surface area (Å²) in [7, 11) is -4.20. The van der Waals surface area contributed by atoms with Crippen LogP contribution < -0.4 is 20.1 Å². The number of alkyl carbamates (subject to hydrolysis) is 1. The summed E-state index contributed by atoms with van der Waals surface area (Å²) in [6.07, 6.45) is 3.22. The Bertz CT molecular complexity index is 1540. The number of ketones is 1. The number of fused-ring (bicyclic) bond motifs is 1. The molecular formula is C31H45N5O6S2. The fourth-order valence-electron chi connectivity index (χ4n) is 6.05. The van der Waals surface area contributed by atoms with Gasteiger partial charge in [-0.3, -0.25) is 14.9 Å². The Labute approximate surface area is 264 Å². The van der Waals surface area contributed by atoms with Crippen LogP contribution in [0, 0.1) is 31.6 Å². The number of carbonyl (C=O) groups is 2. The normalized spacial score (nSPS) is 20.5. The molecule has 2 aliphatic heterocycles. The van der Waals surface area contributed by atoms with Crippen molar-refractivity contribution in [2.45, 2.75) is 110 Å². The van der Waals surface area contributed by atoms with Gasteiger partial charge in [-0.2, -0.15) is 0 Å². The third kappa shape index (κ3) is 7.26. The molecule has 2 aliphatic rings. The van der Waals surface area contributed by atoms with Gasteiger partial charge in [0.25, 0.3) is 10.0 Å². The summed E-state index contributed by atoms with van der Waals surface area (Å²) in [5, 5.41) is 17.0. The number of benzene rings is 1. The van der Waals surface area contributed by atoms with Crippen LogP contribution in [0.3, 0.4) is 0 Å². The van der Waals surface area contributed by atoms with Crippen molar-refractivity contribution in [1.29, 1.82) is 5.41 Å². The Hall–Kier alpha value is -3.03. The maximum Gasteiger partial charge on any atom is 0.408 e. The lowest BCUT2D eigenvalue weighted by Crippen LogP contribution is -2.56. The molecule has 2 aromatic rings. The van der Waals surface area contributed by atoms with E-state index in [-0.39, 0.29) is 34.3 Å². The number of amides is 1. The van der Waals surface area contributed by atoms with Crippen LogP contribution in [0.25, 0.3) is 0 Å². The van der Waals surface area contributed by atoms with Crippen molar-refractivity contribution in [3.8, 4) is 5.75 Å². The van der Waals surface area contributed by atoms with Gasteiger partial charge in [0.15, 0.2) is 5.01 Å². The van der Waals surface area contributed by atoms with E-state index in [2.05, 4.69) is 20.3 Å². The predicted octanol–water partition coefficient (Wildman–Crippen LogP) is 4.96. The SMILES string of the molecule is Cc1c(C)c(S(=O)(=O)NC(=N)[C@]2(C[C@@H](NC(=O)OC(C)(C)C)C(=O)c3nccs3)CCCNC2)c(C)c2c1OC(C)(C)CC2. The Morgan fingerprint density at radius 1 is 1.18 bits per heavy atom. The van der Waals surface area contributed by atoms with Crippen LogP contribution >= 0.6 is 11.3 Å². The first-order valence-corrected chi connectivity index (χ1v) is 17.3. The number of Topliss-reactive ketones (excluding diaryl/α,β-unsaturated/α-hetero) is 1. The summed E-state index contributed by atoms with van der Waals surface area (Å²) in [5.74, 6) is 0.0700. The number of aromatic nitrogens is 1. The van der Waals surface area contributed by atoms with Crippen LogP contribution in [0.4, 0.5) is 4.79 Å². The Morgan fingerprint density at radius 3 is 2.48 bits per heavy atom. The number of hydrogen-bond acceptors (Lipinski definition) is 10. The van der Waals surface area contributed by atoms with Gasteiger partial charge in [-0.15, -0.1) is 11.3 Å². The van der Waals surface area contributed by atoms with Crippen LogP contribution in [0.15, 0.2) is 16.5 Å². The first-order valence-electron chi connectivity index (χ1n) is 14.9. The molecule has 1 amide bonds. The number of sulfonamides is 1. The maximum atomic E-state index is 14.1. The highest BCUT2D eigenvalue weighted by molar-refractivity contribution is 7.90. The molecule has 2 atom stereocenters. The first kappa shape index (κ1) is 33.9. The summed E-state index contributed by atoms with van der Waals surface area (Å²) in [6.45, 7) is 15.6. The third-order valence-corrected chi connectivity index (χ3v) is 10.8. The third-order valence-electron chi connectivity index (χ3n) is 8.42. The standard InChI is InChI=1S/C31H45N5O6S2/c1-18-19(2)25(20(3)21-10-12-30(7,8)41-24(18)21)44(39,40)36-27(32)31(11-9-13-33-17-31)16-22(23(37)26-34-14-15-43-26)35-28(38)42-29(4,5)6/h14-15,22,33H,9-13,16-17H2,1-8H3,(H2,32,36)(H,35,38)/t22-,31+/m1/s1.